The lowest BCUT2D eigenvalue weighted by Gasteiger charge is -1.97. The van der Waals surface area contributed by atoms with Gasteiger partial charge in [-0.3, -0.25) is 4.99 Å². The maximum atomic E-state index is 4.35. The zero-order valence-electron chi connectivity index (χ0n) is 9.97. The van der Waals surface area contributed by atoms with Crippen LogP contribution in [0.15, 0.2) is 17.1 Å². The smallest absolute Gasteiger partial charge is 0.100 e. The van der Waals surface area contributed by atoms with Crippen LogP contribution in [0.25, 0.3) is 0 Å². The minimum absolute atomic E-state index is 0.959. The van der Waals surface area contributed by atoms with Crippen molar-refractivity contribution in [2.45, 2.75) is 51.9 Å². The Hall–Kier alpha value is -0.790. The Morgan fingerprint density at radius 1 is 1.20 bits per heavy atom. The van der Waals surface area contributed by atoms with Crippen LogP contribution in [0.2, 0.25) is 0 Å². The van der Waals surface area contributed by atoms with E-state index in [-0.39, 0.29) is 0 Å². The summed E-state index contributed by atoms with van der Waals surface area (Å²) in [5.41, 5.74) is 0. The lowest BCUT2D eigenvalue weighted by molar-refractivity contribution is 0.637. The van der Waals surface area contributed by atoms with Gasteiger partial charge in [0.2, 0.25) is 0 Å². The minimum Gasteiger partial charge on any atom is -0.372 e. The molecule has 1 N–H and O–H groups in total. The molecular formula is C13H24N2. The molecule has 86 valence electrons. The first-order valence-electron chi connectivity index (χ1n) is 6.35. The van der Waals surface area contributed by atoms with Crippen molar-refractivity contribution in [3.05, 3.63) is 12.2 Å². The van der Waals surface area contributed by atoms with Gasteiger partial charge < -0.3 is 5.32 Å². The van der Waals surface area contributed by atoms with Crippen LogP contribution in [0.1, 0.15) is 51.9 Å². The van der Waals surface area contributed by atoms with Crippen LogP contribution in [0, 0.1) is 0 Å². The molecule has 2 nitrogen and oxygen atoms in total. The number of rotatable bonds is 8. The normalized spacial score (nSPS) is 15.7. The van der Waals surface area contributed by atoms with Gasteiger partial charge in [-0.15, -0.1) is 0 Å². The maximum absolute atomic E-state index is 4.35. The van der Waals surface area contributed by atoms with E-state index in [4.69, 9.17) is 0 Å². The average molecular weight is 208 g/mol. The van der Waals surface area contributed by atoms with Crippen molar-refractivity contribution in [1.29, 1.82) is 0 Å². The van der Waals surface area contributed by atoms with Crippen LogP contribution < -0.4 is 5.32 Å². The van der Waals surface area contributed by atoms with E-state index in [2.05, 4.69) is 29.4 Å². The van der Waals surface area contributed by atoms with Gasteiger partial charge in [-0.1, -0.05) is 44.8 Å². The third-order valence-corrected chi connectivity index (χ3v) is 2.70. The van der Waals surface area contributed by atoms with Gasteiger partial charge in [0.15, 0.2) is 0 Å². The fraction of sp³-hybridized carbons (Fsp3) is 0.769. The van der Waals surface area contributed by atoms with Gasteiger partial charge in [0.1, 0.15) is 5.84 Å². The van der Waals surface area contributed by atoms with Crippen LogP contribution >= 0.6 is 0 Å². The highest BCUT2D eigenvalue weighted by molar-refractivity contribution is 5.84. The number of hydrogen-bond donors (Lipinski definition) is 1. The average Bonchev–Trinajstić information content (AvgIpc) is 2.75. The number of nitrogens with zero attached hydrogens (tertiary/aromatic N) is 1. The van der Waals surface area contributed by atoms with Crippen molar-refractivity contribution in [3.8, 4) is 0 Å². The number of nitrogens with one attached hydrogen (secondary N) is 1. The Kier molecular flexibility index (Phi) is 6.97. The summed E-state index contributed by atoms with van der Waals surface area (Å²) in [7, 11) is 0. The minimum atomic E-state index is 0.959. The van der Waals surface area contributed by atoms with Crippen molar-refractivity contribution >= 4 is 5.84 Å². The standard InChI is InChI=1S/C13H24N2/c1-2-3-4-5-6-7-8-9-10-13-14-11-12-15-13/h8-9H,2-7,10-12H2,1H3,(H,14,15)/b9-8+. The Morgan fingerprint density at radius 2 is 2.07 bits per heavy atom. The second-order valence-corrected chi connectivity index (χ2v) is 4.13. The van der Waals surface area contributed by atoms with Gasteiger partial charge in [-0.25, -0.2) is 0 Å². The molecule has 0 saturated carbocycles. The second-order valence-electron chi connectivity index (χ2n) is 4.13. The summed E-state index contributed by atoms with van der Waals surface area (Å²) in [6, 6.07) is 0. The zero-order valence-corrected chi connectivity index (χ0v) is 9.97. The molecule has 0 spiro atoms. The molecule has 0 aromatic carbocycles. The fourth-order valence-corrected chi connectivity index (χ4v) is 1.76. The van der Waals surface area contributed by atoms with Crippen LogP contribution in [-0.4, -0.2) is 18.9 Å². The first kappa shape index (κ1) is 12.3. The first-order chi connectivity index (χ1) is 7.43. The Morgan fingerprint density at radius 3 is 2.80 bits per heavy atom. The van der Waals surface area contributed by atoms with E-state index in [9.17, 15) is 0 Å². The topological polar surface area (TPSA) is 24.4 Å². The van der Waals surface area contributed by atoms with Crippen molar-refractivity contribution in [2.24, 2.45) is 4.99 Å². The molecular weight excluding hydrogens is 184 g/mol. The summed E-state index contributed by atoms with van der Waals surface area (Å²) in [5, 5.41) is 3.27. The van der Waals surface area contributed by atoms with E-state index in [1.807, 2.05) is 0 Å². The number of amidine groups is 1. The molecule has 0 saturated heterocycles. The predicted octanol–water partition coefficient (Wildman–Crippen LogP) is 3.29. The van der Waals surface area contributed by atoms with Gasteiger partial charge >= 0.3 is 0 Å². The van der Waals surface area contributed by atoms with Crippen molar-refractivity contribution in [2.75, 3.05) is 13.1 Å². The molecule has 0 aliphatic carbocycles. The molecule has 0 fully saturated rings. The summed E-state index contributed by atoms with van der Waals surface area (Å²) in [5.74, 6) is 1.16. The third kappa shape index (κ3) is 6.32. The van der Waals surface area contributed by atoms with Crippen LogP contribution in [0.5, 0.6) is 0 Å². The third-order valence-electron chi connectivity index (χ3n) is 2.70. The largest absolute Gasteiger partial charge is 0.372 e. The van der Waals surface area contributed by atoms with Crippen molar-refractivity contribution < 1.29 is 0 Å². The lowest BCUT2D eigenvalue weighted by atomic mass is 10.1. The molecule has 15 heavy (non-hydrogen) atoms. The summed E-state index contributed by atoms with van der Waals surface area (Å²) in [4.78, 5) is 4.35. The van der Waals surface area contributed by atoms with Gasteiger partial charge in [0, 0.05) is 13.0 Å². The molecule has 0 atom stereocenters. The molecule has 0 unspecified atom stereocenters. The molecule has 0 bridgehead atoms. The summed E-state index contributed by atoms with van der Waals surface area (Å²) >= 11 is 0. The van der Waals surface area contributed by atoms with E-state index in [1.165, 1.54) is 38.5 Å². The Balaban J connectivity index is 1.88. The van der Waals surface area contributed by atoms with E-state index < -0.39 is 0 Å². The van der Waals surface area contributed by atoms with Gasteiger partial charge in [-0.2, -0.15) is 0 Å². The fourth-order valence-electron chi connectivity index (χ4n) is 1.76. The number of aliphatic imine (C=N–C) groups is 1. The molecule has 0 amide bonds. The molecule has 1 heterocycles. The molecule has 1 aliphatic rings. The lowest BCUT2D eigenvalue weighted by Crippen LogP contribution is -2.17. The van der Waals surface area contributed by atoms with Crippen LogP contribution in [0.4, 0.5) is 0 Å². The van der Waals surface area contributed by atoms with E-state index in [1.54, 1.807) is 0 Å². The SMILES string of the molecule is CCCCCCC/C=C/CC1=NCCN1. The monoisotopic (exact) mass is 208 g/mol. The highest BCUT2D eigenvalue weighted by Crippen LogP contribution is 2.05. The van der Waals surface area contributed by atoms with Gasteiger partial charge in [0.25, 0.3) is 0 Å². The van der Waals surface area contributed by atoms with Crippen molar-refractivity contribution in [1.82, 2.24) is 5.32 Å². The van der Waals surface area contributed by atoms with Crippen molar-refractivity contribution in [3.63, 3.8) is 0 Å². The van der Waals surface area contributed by atoms with E-state index in [0.717, 1.165) is 25.3 Å². The summed E-state index contributed by atoms with van der Waals surface area (Å²) < 4.78 is 0. The molecule has 1 rings (SSSR count). The highest BCUT2D eigenvalue weighted by atomic mass is 15.1. The molecule has 0 aromatic heterocycles. The van der Waals surface area contributed by atoms with Crippen LogP contribution in [0.3, 0.4) is 0 Å². The first-order valence-corrected chi connectivity index (χ1v) is 6.35. The Bertz CT molecular complexity index is 207. The molecule has 0 aromatic rings. The number of unbranched alkanes of at least 4 members (excludes halogenated alkanes) is 5. The predicted molar refractivity (Wildman–Crippen MR) is 67.4 cm³/mol. The summed E-state index contributed by atoms with van der Waals surface area (Å²) in [6.07, 6.45) is 13.6. The van der Waals surface area contributed by atoms with E-state index >= 15 is 0 Å². The quantitative estimate of drug-likeness (QED) is 0.480. The summed E-state index contributed by atoms with van der Waals surface area (Å²) in [6.45, 7) is 4.25. The number of hydrogen-bond acceptors (Lipinski definition) is 2. The second kappa shape index (κ2) is 8.51. The van der Waals surface area contributed by atoms with Gasteiger partial charge in [0.05, 0.1) is 6.54 Å². The maximum Gasteiger partial charge on any atom is 0.100 e. The van der Waals surface area contributed by atoms with Crippen LogP contribution in [-0.2, 0) is 0 Å². The number of allylic oxidation sites excluding steroid dienone is 1. The molecule has 1 aliphatic heterocycles. The zero-order chi connectivity index (χ0) is 10.8. The van der Waals surface area contributed by atoms with Gasteiger partial charge in [-0.05, 0) is 12.8 Å². The highest BCUT2D eigenvalue weighted by Gasteiger charge is 2.00. The molecule has 0 radical (unpaired) electrons. The Labute approximate surface area is 93.9 Å². The van der Waals surface area contributed by atoms with E-state index in [0.29, 0.717) is 0 Å². The molecule has 2 heteroatoms.